The summed E-state index contributed by atoms with van der Waals surface area (Å²) in [5.74, 6) is 0. The van der Waals surface area contributed by atoms with E-state index in [1.54, 1.807) is 17.0 Å². The van der Waals surface area contributed by atoms with Crippen molar-refractivity contribution in [3.8, 4) is 0 Å². The molecule has 0 aromatic heterocycles. The number of amides is 2. The molecule has 1 unspecified atom stereocenters. The number of carbonyl (C=O) groups excluding carboxylic acids is 1. The Bertz CT molecular complexity index is 808. The Kier molecular flexibility index (Phi) is 2.85. The molecule has 2 heterocycles. The summed E-state index contributed by atoms with van der Waals surface area (Å²) in [5.41, 5.74) is 0.739. The van der Waals surface area contributed by atoms with E-state index in [0.29, 0.717) is 24.3 Å². The van der Waals surface area contributed by atoms with E-state index in [2.05, 4.69) is 10.6 Å². The third-order valence-electron chi connectivity index (χ3n) is 4.40. The van der Waals surface area contributed by atoms with Gasteiger partial charge in [0.15, 0.2) is 5.66 Å². The molecule has 1 saturated heterocycles. The van der Waals surface area contributed by atoms with E-state index >= 15 is 0 Å². The smallest absolute Gasteiger partial charge is 0.307 e. The topological polar surface area (TPSA) is 87.5 Å². The average molecular weight is 310 g/mol. The van der Waals surface area contributed by atoms with Crippen molar-refractivity contribution in [1.82, 2.24) is 10.2 Å². The minimum atomic E-state index is -1.01. The molecule has 0 bridgehead atoms. The minimum absolute atomic E-state index is 0.00856. The lowest BCUT2D eigenvalue weighted by molar-refractivity contribution is -0.386. The van der Waals surface area contributed by atoms with E-state index in [0.717, 1.165) is 5.56 Å². The first-order valence-electron chi connectivity index (χ1n) is 7.31. The Morgan fingerprint density at radius 1 is 1.13 bits per heavy atom. The highest BCUT2D eigenvalue weighted by Crippen LogP contribution is 2.47. The number of nitrogens with zero attached hydrogens (tertiary/aromatic N) is 2. The fourth-order valence-electron chi connectivity index (χ4n) is 3.53. The highest BCUT2D eigenvalue weighted by molar-refractivity contribution is 5.96. The molecule has 4 rings (SSSR count). The molecule has 2 aromatic carbocycles. The van der Waals surface area contributed by atoms with Crippen LogP contribution in [0.15, 0.2) is 48.5 Å². The molecule has 23 heavy (non-hydrogen) atoms. The van der Waals surface area contributed by atoms with Gasteiger partial charge >= 0.3 is 6.03 Å². The van der Waals surface area contributed by atoms with Gasteiger partial charge in [0.05, 0.1) is 16.2 Å². The van der Waals surface area contributed by atoms with Gasteiger partial charge in [-0.3, -0.25) is 20.3 Å². The van der Waals surface area contributed by atoms with E-state index in [1.807, 2.05) is 30.3 Å². The van der Waals surface area contributed by atoms with Crippen LogP contribution in [0.3, 0.4) is 0 Å². The SMILES string of the molecule is O=C1Nc2cccc([N+](=O)[O-])c2C2(c3ccccc3)NCCN12. The zero-order valence-corrected chi connectivity index (χ0v) is 12.2. The van der Waals surface area contributed by atoms with E-state index in [1.165, 1.54) is 6.07 Å². The number of benzene rings is 2. The highest BCUT2D eigenvalue weighted by atomic mass is 16.6. The predicted octanol–water partition coefficient (Wildman–Crippen LogP) is 2.25. The predicted molar refractivity (Wildman–Crippen MR) is 84.0 cm³/mol. The number of fused-ring (bicyclic) bond motifs is 3. The standard InChI is InChI=1S/C16H14N4O3/c21-15-18-12-7-4-8-13(20(22)23)14(12)16(17-9-10-19(15)16)11-5-2-1-3-6-11/h1-8,17H,9-10H2,(H,18,21). The molecule has 0 aliphatic carbocycles. The van der Waals surface area contributed by atoms with Gasteiger partial charge < -0.3 is 5.32 Å². The quantitative estimate of drug-likeness (QED) is 0.658. The van der Waals surface area contributed by atoms with Gasteiger partial charge in [-0.2, -0.15) is 0 Å². The maximum Gasteiger partial charge on any atom is 0.323 e. The number of nitro groups is 1. The van der Waals surface area contributed by atoms with Crippen LogP contribution in [0.4, 0.5) is 16.2 Å². The minimum Gasteiger partial charge on any atom is -0.307 e. The summed E-state index contributed by atoms with van der Waals surface area (Å²) in [7, 11) is 0. The number of carbonyl (C=O) groups is 1. The molecule has 7 nitrogen and oxygen atoms in total. The largest absolute Gasteiger partial charge is 0.323 e. The summed E-state index contributed by atoms with van der Waals surface area (Å²) < 4.78 is 0. The van der Waals surface area contributed by atoms with Gasteiger partial charge in [-0.25, -0.2) is 4.79 Å². The molecule has 2 N–H and O–H groups in total. The maximum absolute atomic E-state index is 12.5. The molecule has 7 heteroatoms. The van der Waals surface area contributed by atoms with Gasteiger partial charge in [0.1, 0.15) is 0 Å². The average Bonchev–Trinajstić information content (AvgIpc) is 3.02. The molecule has 2 aliphatic rings. The van der Waals surface area contributed by atoms with Crippen LogP contribution in [0.25, 0.3) is 0 Å². The Hall–Kier alpha value is -2.93. The molecule has 2 aliphatic heterocycles. The lowest BCUT2D eigenvalue weighted by Crippen LogP contribution is -2.56. The van der Waals surface area contributed by atoms with Crippen molar-refractivity contribution in [2.24, 2.45) is 0 Å². The van der Waals surface area contributed by atoms with Crippen LogP contribution in [0.2, 0.25) is 0 Å². The van der Waals surface area contributed by atoms with Crippen LogP contribution >= 0.6 is 0 Å². The van der Waals surface area contributed by atoms with Crippen LogP contribution in [-0.4, -0.2) is 28.9 Å². The van der Waals surface area contributed by atoms with Crippen LogP contribution in [-0.2, 0) is 5.66 Å². The van der Waals surface area contributed by atoms with Crippen molar-refractivity contribution < 1.29 is 9.72 Å². The Balaban J connectivity index is 2.08. The van der Waals surface area contributed by atoms with Gasteiger partial charge in [0.25, 0.3) is 5.69 Å². The fourth-order valence-corrected chi connectivity index (χ4v) is 3.53. The van der Waals surface area contributed by atoms with Crippen molar-refractivity contribution in [3.05, 3.63) is 69.8 Å². The number of nitrogens with one attached hydrogen (secondary N) is 2. The summed E-state index contributed by atoms with van der Waals surface area (Å²) in [6.45, 7) is 1.04. The zero-order valence-electron chi connectivity index (χ0n) is 12.2. The number of hydrogen-bond donors (Lipinski definition) is 2. The monoisotopic (exact) mass is 310 g/mol. The lowest BCUT2D eigenvalue weighted by Gasteiger charge is -2.43. The van der Waals surface area contributed by atoms with E-state index < -0.39 is 10.6 Å². The van der Waals surface area contributed by atoms with Crippen molar-refractivity contribution in [1.29, 1.82) is 0 Å². The summed E-state index contributed by atoms with van der Waals surface area (Å²) in [4.78, 5) is 25.3. The summed E-state index contributed by atoms with van der Waals surface area (Å²) in [6, 6.07) is 13.9. The molecular formula is C16H14N4O3. The Morgan fingerprint density at radius 3 is 2.65 bits per heavy atom. The zero-order chi connectivity index (χ0) is 16.0. The second kappa shape index (κ2) is 4.79. The van der Waals surface area contributed by atoms with E-state index in [4.69, 9.17) is 0 Å². The van der Waals surface area contributed by atoms with Crippen LogP contribution in [0, 0.1) is 10.1 Å². The molecule has 0 spiro atoms. The fraction of sp³-hybridized carbons (Fsp3) is 0.188. The van der Waals surface area contributed by atoms with Crippen LogP contribution in [0.1, 0.15) is 11.1 Å². The molecule has 0 radical (unpaired) electrons. The van der Waals surface area contributed by atoms with Crippen molar-refractivity contribution in [2.45, 2.75) is 5.66 Å². The summed E-state index contributed by atoms with van der Waals surface area (Å²) >= 11 is 0. The Labute approximate surface area is 132 Å². The summed E-state index contributed by atoms with van der Waals surface area (Å²) in [6.07, 6.45) is 0. The second-order valence-corrected chi connectivity index (χ2v) is 5.54. The number of hydrogen-bond acceptors (Lipinski definition) is 4. The second-order valence-electron chi connectivity index (χ2n) is 5.54. The van der Waals surface area contributed by atoms with E-state index in [9.17, 15) is 14.9 Å². The van der Waals surface area contributed by atoms with Crippen molar-refractivity contribution in [2.75, 3.05) is 18.4 Å². The van der Waals surface area contributed by atoms with Gasteiger partial charge in [0.2, 0.25) is 0 Å². The number of nitro benzene ring substituents is 1. The molecule has 2 amide bonds. The van der Waals surface area contributed by atoms with E-state index in [-0.39, 0.29) is 11.7 Å². The summed E-state index contributed by atoms with van der Waals surface area (Å²) in [5, 5.41) is 17.7. The lowest BCUT2D eigenvalue weighted by atomic mass is 9.86. The van der Waals surface area contributed by atoms with Crippen LogP contribution < -0.4 is 10.6 Å². The van der Waals surface area contributed by atoms with Crippen molar-refractivity contribution in [3.63, 3.8) is 0 Å². The number of rotatable bonds is 2. The van der Waals surface area contributed by atoms with Crippen molar-refractivity contribution >= 4 is 17.4 Å². The normalized spacial score (nSPS) is 22.3. The first-order valence-corrected chi connectivity index (χ1v) is 7.31. The molecular weight excluding hydrogens is 296 g/mol. The van der Waals surface area contributed by atoms with Gasteiger partial charge in [0, 0.05) is 19.2 Å². The van der Waals surface area contributed by atoms with Gasteiger partial charge in [-0.1, -0.05) is 36.4 Å². The molecule has 116 valence electrons. The molecule has 1 fully saturated rings. The first-order chi connectivity index (χ1) is 11.1. The van der Waals surface area contributed by atoms with Gasteiger partial charge in [-0.05, 0) is 11.6 Å². The molecule has 2 aromatic rings. The number of anilines is 1. The third-order valence-corrected chi connectivity index (χ3v) is 4.40. The maximum atomic E-state index is 12.5. The third kappa shape index (κ3) is 1.77. The molecule has 1 atom stereocenters. The highest BCUT2D eigenvalue weighted by Gasteiger charge is 2.53. The first kappa shape index (κ1) is 13.7. The Morgan fingerprint density at radius 2 is 1.91 bits per heavy atom. The van der Waals surface area contributed by atoms with Crippen LogP contribution in [0.5, 0.6) is 0 Å². The number of urea groups is 1. The van der Waals surface area contributed by atoms with Gasteiger partial charge in [-0.15, -0.1) is 0 Å². The molecule has 0 saturated carbocycles.